The smallest absolute Gasteiger partial charge is 0.149 e. The summed E-state index contributed by atoms with van der Waals surface area (Å²) in [6.45, 7) is 1.16. The lowest BCUT2D eigenvalue weighted by Crippen LogP contribution is -2.34. The molecular formula is C11H18N2S3. The van der Waals surface area contributed by atoms with E-state index in [1.807, 2.05) is 23.3 Å². The Kier molecular flexibility index (Phi) is 6.04. The predicted molar refractivity (Wildman–Crippen MR) is 75.8 cm³/mol. The maximum atomic E-state index is 4.26. The van der Waals surface area contributed by atoms with E-state index in [9.17, 15) is 0 Å². The Morgan fingerprint density at radius 2 is 2.56 bits per heavy atom. The fourth-order valence-electron chi connectivity index (χ4n) is 1.72. The monoisotopic (exact) mass is 274 g/mol. The molecule has 1 aliphatic rings. The van der Waals surface area contributed by atoms with Crippen LogP contribution in [0.3, 0.4) is 0 Å². The van der Waals surface area contributed by atoms with Crippen LogP contribution in [-0.4, -0.2) is 34.8 Å². The van der Waals surface area contributed by atoms with Crippen molar-refractivity contribution >= 4 is 34.9 Å². The number of aromatic nitrogens is 1. The maximum Gasteiger partial charge on any atom is 0.149 e. The molecule has 1 aromatic rings. The number of thiazole rings is 1. The van der Waals surface area contributed by atoms with E-state index in [2.05, 4.69) is 22.1 Å². The van der Waals surface area contributed by atoms with Crippen LogP contribution < -0.4 is 5.32 Å². The molecule has 0 aliphatic carbocycles. The van der Waals surface area contributed by atoms with Gasteiger partial charge in [0, 0.05) is 29.1 Å². The van der Waals surface area contributed by atoms with Gasteiger partial charge in [-0.2, -0.15) is 11.8 Å². The van der Waals surface area contributed by atoms with Crippen LogP contribution in [0.2, 0.25) is 0 Å². The van der Waals surface area contributed by atoms with Gasteiger partial charge in [0.25, 0.3) is 0 Å². The second-order valence-electron chi connectivity index (χ2n) is 3.87. The number of thioether (sulfide) groups is 2. The van der Waals surface area contributed by atoms with Crippen molar-refractivity contribution in [2.45, 2.75) is 29.6 Å². The SMILES string of the molecule is c1csc(SCCCNC2CCCSC2)n1. The standard InChI is InChI=1S/C11H18N2S3/c1-3-10(9-14-6-1)12-4-2-7-15-11-13-5-8-16-11/h5,8,10,12H,1-4,6-7,9H2. The molecule has 5 heteroatoms. The lowest BCUT2D eigenvalue weighted by molar-refractivity contribution is 0.508. The zero-order chi connectivity index (χ0) is 11.1. The first-order chi connectivity index (χ1) is 7.95. The summed E-state index contributed by atoms with van der Waals surface area (Å²) in [5.74, 6) is 3.85. The Hall–Kier alpha value is 0.290. The molecular weight excluding hydrogens is 256 g/mol. The van der Waals surface area contributed by atoms with Crippen LogP contribution in [0.5, 0.6) is 0 Å². The molecule has 1 aromatic heterocycles. The summed E-state index contributed by atoms with van der Waals surface area (Å²) in [5, 5.41) is 5.69. The van der Waals surface area contributed by atoms with Crippen molar-refractivity contribution in [3.8, 4) is 0 Å². The minimum Gasteiger partial charge on any atom is -0.313 e. The molecule has 2 heterocycles. The summed E-state index contributed by atoms with van der Waals surface area (Å²) < 4.78 is 1.20. The van der Waals surface area contributed by atoms with Crippen LogP contribution in [0, 0.1) is 0 Å². The molecule has 0 bridgehead atoms. The van der Waals surface area contributed by atoms with Crippen LogP contribution in [0.4, 0.5) is 0 Å². The van der Waals surface area contributed by atoms with Crippen molar-refractivity contribution in [3.63, 3.8) is 0 Å². The Bertz CT molecular complexity index is 271. The molecule has 1 unspecified atom stereocenters. The highest BCUT2D eigenvalue weighted by Crippen LogP contribution is 2.20. The van der Waals surface area contributed by atoms with Crippen LogP contribution in [0.15, 0.2) is 15.9 Å². The fraction of sp³-hybridized carbons (Fsp3) is 0.727. The van der Waals surface area contributed by atoms with Crippen molar-refractivity contribution < 1.29 is 0 Å². The molecule has 1 atom stereocenters. The van der Waals surface area contributed by atoms with Gasteiger partial charge in [-0.1, -0.05) is 11.8 Å². The predicted octanol–water partition coefficient (Wildman–Crippen LogP) is 3.11. The highest BCUT2D eigenvalue weighted by atomic mass is 32.2. The lowest BCUT2D eigenvalue weighted by Gasteiger charge is -2.22. The van der Waals surface area contributed by atoms with Gasteiger partial charge in [-0.15, -0.1) is 11.3 Å². The van der Waals surface area contributed by atoms with Crippen LogP contribution >= 0.6 is 34.9 Å². The highest BCUT2D eigenvalue weighted by Gasteiger charge is 2.11. The van der Waals surface area contributed by atoms with Gasteiger partial charge in [-0.3, -0.25) is 0 Å². The highest BCUT2D eigenvalue weighted by molar-refractivity contribution is 8.01. The summed E-state index contributed by atoms with van der Waals surface area (Å²) in [6, 6.07) is 0.767. The molecule has 2 nitrogen and oxygen atoms in total. The lowest BCUT2D eigenvalue weighted by atomic mass is 10.2. The van der Waals surface area contributed by atoms with Crippen LogP contribution in [-0.2, 0) is 0 Å². The molecule has 0 spiro atoms. The first kappa shape index (κ1) is 12.7. The third-order valence-corrected chi connectivity index (χ3v) is 5.82. The Morgan fingerprint density at radius 1 is 1.56 bits per heavy atom. The number of rotatable bonds is 6. The molecule has 2 rings (SSSR count). The minimum atomic E-state index is 0.767. The number of nitrogens with one attached hydrogen (secondary N) is 1. The Balaban J connectivity index is 1.48. The largest absolute Gasteiger partial charge is 0.313 e. The average molecular weight is 274 g/mol. The van der Waals surface area contributed by atoms with Gasteiger partial charge in [-0.25, -0.2) is 4.98 Å². The molecule has 16 heavy (non-hydrogen) atoms. The molecule has 90 valence electrons. The van der Waals surface area contributed by atoms with Gasteiger partial charge in [0.2, 0.25) is 0 Å². The second kappa shape index (κ2) is 7.58. The van der Waals surface area contributed by atoms with Crippen LogP contribution in [0.1, 0.15) is 19.3 Å². The van der Waals surface area contributed by atoms with Gasteiger partial charge < -0.3 is 5.32 Å². The molecule has 1 N–H and O–H groups in total. The fourth-order valence-corrected chi connectivity index (χ4v) is 4.48. The first-order valence-corrected chi connectivity index (χ1v) is 8.80. The van der Waals surface area contributed by atoms with Gasteiger partial charge in [0.05, 0.1) is 0 Å². The van der Waals surface area contributed by atoms with E-state index in [-0.39, 0.29) is 0 Å². The zero-order valence-corrected chi connectivity index (χ0v) is 11.8. The normalized spacial score (nSPS) is 21.1. The van der Waals surface area contributed by atoms with Gasteiger partial charge in [-0.05, 0) is 31.6 Å². The molecule has 0 amide bonds. The first-order valence-electron chi connectivity index (χ1n) is 5.78. The Labute approximate surface area is 110 Å². The van der Waals surface area contributed by atoms with Crippen molar-refractivity contribution in [1.29, 1.82) is 0 Å². The number of hydrogen-bond acceptors (Lipinski definition) is 5. The molecule has 1 fully saturated rings. The quantitative estimate of drug-likeness (QED) is 0.636. The van der Waals surface area contributed by atoms with E-state index in [1.165, 1.54) is 40.9 Å². The van der Waals surface area contributed by atoms with E-state index in [0.717, 1.165) is 12.6 Å². The average Bonchev–Trinajstić information content (AvgIpc) is 2.83. The third kappa shape index (κ3) is 4.65. The van der Waals surface area contributed by atoms with E-state index in [0.29, 0.717) is 0 Å². The van der Waals surface area contributed by atoms with Crippen LogP contribution in [0.25, 0.3) is 0 Å². The van der Waals surface area contributed by atoms with Gasteiger partial charge in [0.15, 0.2) is 0 Å². The second-order valence-corrected chi connectivity index (χ2v) is 7.25. The molecule has 0 saturated carbocycles. The molecule has 0 aromatic carbocycles. The van der Waals surface area contributed by atoms with E-state index >= 15 is 0 Å². The molecule has 1 saturated heterocycles. The summed E-state index contributed by atoms with van der Waals surface area (Å²) in [5.41, 5.74) is 0. The zero-order valence-electron chi connectivity index (χ0n) is 9.35. The molecule has 0 radical (unpaired) electrons. The topological polar surface area (TPSA) is 24.9 Å². The summed E-state index contributed by atoms with van der Waals surface area (Å²) in [7, 11) is 0. The van der Waals surface area contributed by atoms with E-state index in [1.54, 1.807) is 11.3 Å². The Morgan fingerprint density at radius 3 is 3.31 bits per heavy atom. The number of hydrogen-bond donors (Lipinski definition) is 1. The summed E-state index contributed by atoms with van der Waals surface area (Å²) >= 11 is 5.70. The van der Waals surface area contributed by atoms with Crippen molar-refractivity contribution in [1.82, 2.24) is 10.3 Å². The number of nitrogens with zero attached hydrogens (tertiary/aromatic N) is 1. The minimum absolute atomic E-state index is 0.767. The van der Waals surface area contributed by atoms with Crippen molar-refractivity contribution in [2.75, 3.05) is 23.8 Å². The van der Waals surface area contributed by atoms with Gasteiger partial charge in [0.1, 0.15) is 4.34 Å². The summed E-state index contributed by atoms with van der Waals surface area (Å²) in [4.78, 5) is 4.26. The maximum absolute atomic E-state index is 4.26. The third-order valence-electron chi connectivity index (χ3n) is 2.55. The van der Waals surface area contributed by atoms with Gasteiger partial charge >= 0.3 is 0 Å². The van der Waals surface area contributed by atoms with E-state index < -0.39 is 0 Å². The van der Waals surface area contributed by atoms with E-state index in [4.69, 9.17) is 0 Å². The van der Waals surface area contributed by atoms with Crippen molar-refractivity contribution in [2.24, 2.45) is 0 Å². The summed E-state index contributed by atoms with van der Waals surface area (Å²) in [6.07, 6.45) is 5.87. The molecule has 1 aliphatic heterocycles. The van der Waals surface area contributed by atoms with Crippen molar-refractivity contribution in [3.05, 3.63) is 11.6 Å².